The van der Waals surface area contributed by atoms with Crippen LogP contribution in [-0.2, 0) is 4.74 Å². The van der Waals surface area contributed by atoms with E-state index in [9.17, 15) is 15.3 Å². The van der Waals surface area contributed by atoms with E-state index in [1.165, 1.54) is 37.3 Å². The quantitative estimate of drug-likeness (QED) is 0.402. The predicted octanol–water partition coefficient (Wildman–Crippen LogP) is 3.76. The Morgan fingerprint density at radius 3 is 2.70 bits per heavy atom. The number of aliphatic imine (C=N–C) groups is 2. The highest BCUT2D eigenvalue weighted by Gasteiger charge is 2.32. The molecule has 0 amide bonds. The Balaban J connectivity index is 1.56. The molecule has 0 radical (unpaired) electrons. The van der Waals surface area contributed by atoms with E-state index in [-0.39, 0.29) is 18.2 Å². The van der Waals surface area contributed by atoms with E-state index in [0.717, 1.165) is 5.06 Å². The molecule has 0 fully saturated rings. The van der Waals surface area contributed by atoms with E-state index in [4.69, 9.17) is 14.2 Å². The number of hydrogen-bond donors (Lipinski definition) is 1. The molecule has 2 aliphatic heterocycles. The van der Waals surface area contributed by atoms with Gasteiger partial charge < -0.3 is 14.2 Å². The molecule has 10 nitrogen and oxygen atoms in total. The summed E-state index contributed by atoms with van der Waals surface area (Å²) in [7, 11) is 1.52. The number of hydroxylamine groups is 2. The van der Waals surface area contributed by atoms with Gasteiger partial charge >= 0.3 is 5.69 Å². The van der Waals surface area contributed by atoms with Crippen LogP contribution in [-0.4, -0.2) is 45.9 Å². The van der Waals surface area contributed by atoms with Crippen LogP contribution in [0.15, 0.2) is 64.3 Å². The van der Waals surface area contributed by atoms with Crippen LogP contribution in [0.5, 0.6) is 17.2 Å². The van der Waals surface area contributed by atoms with Crippen molar-refractivity contribution in [3.05, 3.63) is 70.0 Å². The van der Waals surface area contributed by atoms with E-state index in [0.29, 0.717) is 27.8 Å². The molecule has 0 bridgehead atoms. The van der Waals surface area contributed by atoms with Crippen molar-refractivity contribution >= 4 is 28.8 Å². The Labute approximate surface area is 175 Å². The van der Waals surface area contributed by atoms with Crippen molar-refractivity contribution in [2.45, 2.75) is 5.37 Å². The Kier molecular flexibility index (Phi) is 5.65. The summed E-state index contributed by atoms with van der Waals surface area (Å²) in [5.41, 5.74) is 0.918. The summed E-state index contributed by atoms with van der Waals surface area (Å²) >= 11 is 1.27. The lowest BCUT2D eigenvalue weighted by Crippen LogP contribution is -2.29. The molecule has 0 aromatic heterocycles. The third-order valence-electron chi connectivity index (χ3n) is 4.14. The molecule has 2 aromatic rings. The normalized spacial score (nSPS) is 17.3. The minimum absolute atomic E-state index is 0.0988. The van der Waals surface area contributed by atoms with Gasteiger partial charge in [-0.2, -0.15) is 0 Å². The predicted molar refractivity (Wildman–Crippen MR) is 110 cm³/mol. The number of benzene rings is 2. The van der Waals surface area contributed by atoms with Gasteiger partial charge in [-0.05, 0) is 36.4 Å². The SMILES string of the molecule is COCOc1ccc(Oc2ccc(C3=NC4=CN=CN(O)C4S3)cc2[N+](=O)[O-])cc1. The number of nitro groups is 1. The van der Waals surface area contributed by atoms with Gasteiger partial charge in [-0.3, -0.25) is 15.3 Å². The van der Waals surface area contributed by atoms with Crippen molar-refractivity contribution in [1.82, 2.24) is 5.06 Å². The van der Waals surface area contributed by atoms with Crippen LogP contribution in [0.25, 0.3) is 0 Å². The van der Waals surface area contributed by atoms with Crippen LogP contribution >= 0.6 is 11.8 Å². The first-order valence-corrected chi connectivity index (χ1v) is 9.57. The van der Waals surface area contributed by atoms with Gasteiger partial charge in [0.05, 0.1) is 16.8 Å². The second kappa shape index (κ2) is 8.53. The van der Waals surface area contributed by atoms with Crippen LogP contribution < -0.4 is 9.47 Å². The Bertz CT molecular complexity index is 1050. The van der Waals surface area contributed by atoms with E-state index in [1.54, 1.807) is 36.5 Å². The molecule has 2 heterocycles. The van der Waals surface area contributed by atoms with E-state index < -0.39 is 10.3 Å². The van der Waals surface area contributed by atoms with Gasteiger partial charge in [-0.15, -0.1) is 0 Å². The highest BCUT2D eigenvalue weighted by Crippen LogP contribution is 2.39. The lowest BCUT2D eigenvalue weighted by molar-refractivity contribution is -0.385. The van der Waals surface area contributed by atoms with Crippen LogP contribution in [0.2, 0.25) is 0 Å². The second-order valence-corrected chi connectivity index (χ2v) is 7.22. The molecule has 0 aliphatic carbocycles. The van der Waals surface area contributed by atoms with Crippen molar-refractivity contribution in [1.29, 1.82) is 0 Å². The van der Waals surface area contributed by atoms with Gasteiger partial charge in [0.2, 0.25) is 5.75 Å². The molecule has 154 valence electrons. The van der Waals surface area contributed by atoms with E-state index in [1.807, 2.05) is 0 Å². The van der Waals surface area contributed by atoms with Crippen LogP contribution in [0.3, 0.4) is 0 Å². The first-order valence-electron chi connectivity index (χ1n) is 8.69. The number of methoxy groups -OCH3 is 1. The molecule has 30 heavy (non-hydrogen) atoms. The average molecular weight is 428 g/mol. The Morgan fingerprint density at radius 2 is 2.00 bits per heavy atom. The summed E-state index contributed by atoms with van der Waals surface area (Å²) in [6, 6.07) is 11.3. The second-order valence-electron chi connectivity index (χ2n) is 6.15. The largest absolute Gasteiger partial charge is 0.468 e. The fourth-order valence-corrected chi connectivity index (χ4v) is 3.78. The third-order valence-corrected chi connectivity index (χ3v) is 5.37. The molecule has 11 heteroatoms. The number of nitro benzene ring substituents is 1. The number of fused-ring (bicyclic) bond motifs is 1. The Hall–Kier alpha value is -3.41. The van der Waals surface area contributed by atoms with Gasteiger partial charge in [0, 0.05) is 18.7 Å². The molecule has 2 aliphatic rings. The van der Waals surface area contributed by atoms with Crippen LogP contribution in [0, 0.1) is 10.1 Å². The summed E-state index contributed by atoms with van der Waals surface area (Å²) in [5, 5.41) is 22.6. The molecule has 0 saturated heterocycles. The van der Waals surface area contributed by atoms with Crippen molar-refractivity contribution in [2.24, 2.45) is 9.98 Å². The summed E-state index contributed by atoms with van der Waals surface area (Å²) in [6.07, 6.45) is 2.83. The van der Waals surface area contributed by atoms with Gasteiger partial charge in [0.25, 0.3) is 0 Å². The highest BCUT2D eigenvalue weighted by molar-refractivity contribution is 8.15. The molecule has 1 N–H and O–H groups in total. The van der Waals surface area contributed by atoms with Gasteiger partial charge in [0.1, 0.15) is 22.9 Å². The number of hydrogen-bond acceptors (Lipinski definition) is 10. The first kappa shape index (κ1) is 19.9. The van der Waals surface area contributed by atoms with Crippen molar-refractivity contribution in [3.8, 4) is 17.2 Å². The molecular formula is C19H16N4O6S. The van der Waals surface area contributed by atoms with Crippen molar-refractivity contribution in [2.75, 3.05) is 13.9 Å². The number of rotatable bonds is 7. The lowest BCUT2D eigenvalue weighted by Gasteiger charge is -2.20. The smallest absolute Gasteiger partial charge is 0.312 e. The summed E-state index contributed by atoms with van der Waals surface area (Å²) in [5.74, 6) is 1.11. The third kappa shape index (κ3) is 4.13. The average Bonchev–Trinajstić information content (AvgIpc) is 3.19. The molecule has 0 spiro atoms. The molecule has 1 atom stereocenters. The van der Waals surface area contributed by atoms with Crippen molar-refractivity contribution < 1.29 is 24.3 Å². The van der Waals surface area contributed by atoms with Crippen LogP contribution in [0.1, 0.15) is 5.56 Å². The fourth-order valence-electron chi connectivity index (χ4n) is 2.76. The monoisotopic (exact) mass is 428 g/mol. The number of nitrogens with zero attached hydrogens (tertiary/aromatic N) is 4. The zero-order chi connectivity index (χ0) is 21.1. The zero-order valence-electron chi connectivity index (χ0n) is 15.7. The van der Waals surface area contributed by atoms with Gasteiger partial charge in [-0.1, -0.05) is 11.8 Å². The summed E-state index contributed by atoms with van der Waals surface area (Å²) in [6.45, 7) is 0.118. The standard InChI is InChI=1S/C19H16N4O6S/c1-27-11-28-13-3-5-14(6-4-13)29-17-7-2-12(8-16(17)23(25)26)18-21-15-9-20-10-22(24)19(15)30-18/h2-10,19,24H,11H2,1H3. The minimum Gasteiger partial charge on any atom is -0.468 e. The topological polar surface area (TPSA) is 119 Å². The summed E-state index contributed by atoms with van der Waals surface area (Å²) in [4.78, 5) is 19.4. The maximum atomic E-state index is 11.6. The zero-order valence-corrected chi connectivity index (χ0v) is 16.5. The number of ether oxygens (including phenoxy) is 3. The van der Waals surface area contributed by atoms with Gasteiger partial charge in [-0.25, -0.2) is 15.0 Å². The maximum absolute atomic E-state index is 11.6. The minimum atomic E-state index is -0.511. The van der Waals surface area contributed by atoms with Gasteiger partial charge in [0.15, 0.2) is 12.2 Å². The Morgan fingerprint density at radius 1 is 1.23 bits per heavy atom. The lowest BCUT2D eigenvalue weighted by atomic mass is 10.2. The first-order chi connectivity index (χ1) is 14.5. The fraction of sp³-hybridized carbons (Fsp3) is 0.158. The van der Waals surface area contributed by atoms with Crippen LogP contribution in [0.4, 0.5) is 5.69 Å². The number of thioether (sulfide) groups is 1. The molecule has 0 saturated carbocycles. The maximum Gasteiger partial charge on any atom is 0.312 e. The molecule has 2 aromatic carbocycles. The molecule has 4 rings (SSSR count). The molecule has 1 unspecified atom stereocenters. The highest BCUT2D eigenvalue weighted by atomic mass is 32.2. The summed E-state index contributed by atoms with van der Waals surface area (Å²) < 4.78 is 15.8. The van der Waals surface area contributed by atoms with E-state index in [2.05, 4.69) is 9.98 Å². The van der Waals surface area contributed by atoms with E-state index >= 15 is 0 Å². The molecular weight excluding hydrogens is 412 g/mol. The van der Waals surface area contributed by atoms with Crippen molar-refractivity contribution in [3.63, 3.8) is 0 Å².